The number of halogens is 2. The molecule has 31 heavy (non-hydrogen) atoms. The number of aromatic nitrogens is 3. The van der Waals surface area contributed by atoms with Crippen molar-refractivity contribution in [2.24, 2.45) is 0 Å². The van der Waals surface area contributed by atoms with Crippen LogP contribution in [0.2, 0.25) is 10.0 Å². The van der Waals surface area contributed by atoms with E-state index in [2.05, 4.69) is 15.0 Å². The van der Waals surface area contributed by atoms with E-state index < -0.39 is 6.61 Å². The molecule has 2 aliphatic rings. The van der Waals surface area contributed by atoms with Crippen LogP contribution in [0.25, 0.3) is 22.0 Å². The average molecular weight is 463 g/mol. The molecule has 1 amide bonds. The first-order chi connectivity index (χ1) is 15.1. The number of fused-ring (bicyclic) bond motifs is 3. The van der Waals surface area contributed by atoms with Crippen molar-refractivity contribution in [2.75, 3.05) is 13.2 Å². The van der Waals surface area contributed by atoms with Gasteiger partial charge in [-0.3, -0.25) is 4.79 Å². The molecule has 0 saturated carbocycles. The van der Waals surface area contributed by atoms with Gasteiger partial charge >= 0.3 is 0 Å². The van der Waals surface area contributed by atoms with Gasteiger partial charge in [-0.05, 0) is 38.2 Å². The fourth-order valence-corrected chi connectivity index (χ4v) is 5.20. The molecule has 0 bridgehead atoms. The summed E-state index contributed by atoms with van der Waals surface area (Å²) in [7, 11) is 0. The predicted molar refractivity (Wildman–Crippen MR) is 119 cm³/mol. The number of nitrogens with zero attached hydrogens (tertiary/aromatic N) is 3. The third kappa shape index (κ3) is 3.74. The molecule has 4 heterocycles. The highest BCUT2D eigenvalue weighted by atomic mass is 35.5. The van der Waals surface area contributed by atoms with E-state index in [1.165, 1.54) is 0 Å². The fourth-order valence-electron chi connectivity index (χ4n) is 4.79. The molecule has 0 aliphatic carbocycles. The van der Waals surface area contributed by atoms with Crippen molar-refractivity contribution in [1.82, 2.24) is 19.7 Å². The molecule has 1 saturated heterocycles. The number of aliphatic hydroxyl groups is 1. The minimum Gasteiger partial charge on any atom is -0.387 e. The van der Waals surface area contributed by atoms with E-state index in [0.717, 1.165) is 66.4 Å². The van der Waals surface area contributed by atoms with E-state index >= 15 is 0 Å². The Balaban J connectivity index is 1.59. The van der Waals surface area contributed by atoms with E-state index in [1.807, 2.05) is 29.2 Å². The van der Waals surface area contributed by atoms with Crippen LogP contribution in [0, 0.1) is 0 Å². The SMILES string of the molecule is O=C(CO)NC1CCc2c(-c3cnn(C4CCCCO4)c3)c3ccc(Cl)c(Cl)c3n2C1. The predicted octanol–water partition coefficient (Wildman–Crippen LogP) is 3.93. The van der Waals surface area contributed by atoms with Gasteiger partial charge in [0.1, 0.15) is 12.8 Å². The summed E-state index contributed by atoms with van der Waals surface area (Å²) >= 11 is 13.0. The summed E-state index contributed by atoms with van der Waals surface area (Å²) in [4.78, 5) is 11.7. The highest BCUT2D eigenvalue weighted by molar-refractivity contribution is 6.45. The Morgan fingerprint density at radius 1 is 1.29 bits per heavy atom. The Kier molecular flexibility index (Phi) is 5.69. The van der Waals surface area contributed by atoms with Gasteiger partial charge in [-0.25, -0.2) is 4.68 Å². The maximum atomic E-state index is 11.7. The molecule has 164 valence electrons. The number of carbonyl (C=O) groups excluding carboxylic acids is 1. The summed E-state index contributed by atoms with van der Waals surface area (Å²) in [5.41, 5.74) is 4.13. The topological polar surface area (TPSA) is 81.3 Å². The van der Waals surface area contributed by atoms with E-state index in [1.54, 1.807) is 0 Å². The Labute approximate surface area is 189 Å². The number of hydrogen-bond acceptors (Lipinski definition) is 4. The normalized spacial score (nSPS) is 21.3. The minimum atomic E-state index is -0.518. The van der Waals surface area contributed by atoms with Crippen LogP contribution >= 0.6 is 23.2 Å². The number of benzene rings is 1. The van der Waals surface area contributed by atoms with Gasteiger partial charge in [0.2, 0.25) is 5.91 Å². The first kappa shape index (κ1) is 20.8. The smallest absolute Gasteiger partial charge is 0.245 e. The first-order valence-corrected chi connectivity index (χ1v) is 11.4. The summed E-state index contributed by atoms with van der Waals surface area (Å²) in [5.74, 6) is -0.372. The van der Waals surface area contributed by atoms with Crippen molar-refractivity contribution in [1.29, 1.82) is 0 Å². The average Bonchev–Trinajstić information content (AvgIpc) is 3.39. The van der Waals surface area contributed by atoms with Gasteiger partial charge in [0.15, 0.2) is 0 Å². The third-order valence-electron chi connectivity index (χ3n) is 6.20. The Bertz CT molecular complexity index is 1130. The molecule has 2 aromatic heterocycles. The number of carbonyl (C=O) groups is 1. The van der Waals surface area contributed by atoms with Gasteiger partial charge in [0.05, 0.1) is 21.8 Å². The molecule has 0 radical (unpaired) electrons. The highest BCUT2D eigenvalue weighted by Crippen LogP contribution is 2.43. The van der Waals surface area contributed by atoms with Crippen molar-refractivity contribution in [2.45, 2.75) is 50.9 Å². The lowest BCUT2D eigenvalue weighted by molar-refractivity contribution is -0.124. The van der Waals surface area contributed by atoms with Crippen molar-refractivity contribution in [3.63, 3.8) is 0 Å². The molecule has 7 nitrogen and oxygen atoms in total. The van der Waals surface area contributed by atoms with E-state index in [-0.39, 0.29) is 18.2 Å². The monoisotopic (exact) mass is 462 g/mol. The summed E-state index contributed by atoms with van der Waals surface area (Å²) in [6.45, 7) is 0.813. The van der Waals surface area contributed by atoms with Crippen LogP contribution in [0.4, 0.5) is 0 Å². The maximum absolute atomic E-state index is 11.7. The van der Waals surface area contributed by atoms with Crippen LogP contribution in [0.3, 0.4) is 0 Å². The zero-order valence-corrected chi connectivity index (χ0v) is 18.5. The minimum absolute atomic E-state index is 0.0247. The summed E-state index contributed by atoms with van der Waals surface area (Å²) in [6, 6.07) is 3.74. The lowest BCUT2D eigenvalue weighted by Gasteiger charge is -2.27. The van der Waals surface area contributed by atoms with Crippen LogP contribution in [0.5, 0.6) is 0 Å². The third-order valence-corrected chi connectivity index (χ3v) is 7.00. The van der Waals surface area contributed by atoms with E-state index in [0.29, 0.717) is 16.6 Å². The molecule has 3 aromatic rings. The van der Waals surface area contributed by atoms with Gasteiger partial charge in [-0.1, -0.05) is 29.3 Å². The zero-order chi connectivity index (χ0) is 21.5. The van der Waals surface area contributed by atoms with E-state index in [4.69, 9.17) is 33.0 Å². The number of ether oxygens (including phenoxy) is 1. The van der Waals surface area contributed by atoms with Gasteiger partial charge in [-0.2, -0.15) is 5.10 Å². The Hall–Kier alpha value is -2.06. The first-order valence-electron chi connectivity index (χ1n) is 10.6. The van der Waals surface area contributed by atoms with Gasteiger partial charge < -0.3 is 19.7 Å². The second kappa shape index (κ2) is 8.47. The van der Waals surface area contributed by atoms with Crippen molar-refractivity contribution in [3.8, 4) is 11.1 Å². The molecule has 5 rings (SSSR count). The fraction of sp³-hybridized carbons (Fsp3) is 0.455. The number of hydrogen-bond donors (Lipinski definition) is 2. The van der Waals surface area contributed by atoms with Crippen molar-refractivity contribution in [3.05, 3.63) is 40.3 Å². The molecule has 2 N–H and O–H groups in total. The van der Waals surface area contributed by atoms with Gasteiger partial charge in [0, 0.05) is 47.6 Å². The number of amides is 1. The lowest BCUT2D eigenvalue weighted by Crippen LogP contribution is -2.42. The van der Waals surface area contributed by atoms with Crippen LogP contribution in [-0.2, 0) is 22.5 Å². The van der Waals surface area contributed by atoms with Gasteiger partial charge in [0.25, 0.3) is 0 Å². The summed E-state index contributed by atoms with van der Waals surface area (Å²) < 4.78 is 9.95. The highest BCUT2D eigenvalue weighted by Gasteiger charge is 2.29. The number of aliphatic hydroxyl groups excluding tert-OH is 1. The second-order valence-corrected chi connectivity index (χ2v) is 8.97. The van der Waals surface area contributed by atoms with Crippen LogP contribution in [0.15, 0.2) is 24.5 Å². The molecular weight excluding hydrogens is 439 g/mol. The van der Waals surface area contributed by atoms with Crippen molar-refractivity contribution < 1.29 is 14.6 Å². The molecule has 2 atom stereocenters. The van der Waals surface area contributed by atoms with Crippen molar-refractivity contribution >= 4 is 40.0 Å². The van der Waals surface area contributed by atoms with Crippen LogP contribution < -0.4 is 5.32 Å². The molecule has 1 fully saturated rings. The molecular formula is C22H24Cl2N4O3. The molecule has 1 aromatic carbocycles. The lowest BCUT2D eigenvalue weighted by atomic mass is 9.99. The molecule has 9 heteroatoms. The maximum Gasteiger partial charge on any atom is 0.245 e. The number of nitrogens with one attached hydrogen (secondary N) is 1. The second-order valence-electron chi connectivity index (χ2n) is 8.18. The van der Waals surface area contributed by atoms with Crippen LogP contribution in [-0.4, -0.2) is 44.6 Å². The molecule has 2 unspecified atom stereocenters. The van der Waals surface area contributed by atoms with E-state index in [9.17, 15) is 4.79 Å². The largest absolute Gasteiger partial charge is 0.387 e. The quantitative estimate of drug-likeness (QED) is 0.615. The summed E-state index contributed by atoms with van der Waals surface area (Å²) in [6.07, 6.45) is 8.64. The van der Waals surface area contributed by atoms with Gasteiger partial charge in [-0.15, -0.1) is 0 Å². The molecule has 2 aliphatic heterocycles. The Morgan fingerprint density at radius 2 is 2.16 bits per heavy atom. The summed E-state index contributed by atoms with van der Waals surface area (Å²) in [5, 5.41) is 18.6. The number of rotatable bonds is 4. The zero-order valence-electron chi connectivity index (χ0n) is 17.0. The molecule has 0 spiro atoms. The van der Waals surface area contributed by atoms with Crippen LogP contribution in [0.1, 0.15) is 37.6 Å². The standard InChI is InChI=1S/C22H24Cl2N4O3/c23-16-6-5-15-20(13-9-25-28(10-13)19-3-1-2-8-31-19)17-7-4-14(26-18(30)12-29)11-27(17)22(15)21(16)24/h5-6,9-10,14,19,29H,1-4,7-8,11-12H2,(H,26,30). The Morgan fingerprint density at radius 3 is 2.94 bits per heavy atom.